The molecule has 3 nitrogen and oxygen atoms in total. The zero-order chi connectivity index (χ0) is 14.9. The maximum Gasteiger partial charge on any atom is 0.256 e. The van der Waals surface area contributed by atoms with Crippen molar-refractivity contribution < 1.29 is 4.79 Å². The minimum Gasteiger partial charge on any atom is -0.398 e. The van der Waals surface area contributed by atoms with Crippen LogP contribution in [0.25, 0.3) is 0 Å². The first-order chi connectivity index (χ1) is 9.40. The van der Waals surface area contributed by atoms with Gasteiger partial charge in [0.25, 0.3) is 5.91 Å². The Hall–Kier alpha value is -0.850. The number of nitrogens with two attached hydrogens (primary N) is 1. The van der Waals surface area contributed by atoms with Gasteiger partial charge in [0.2, 0.25) is 0 Å². The van der Waals surface area contributed by atoms with Crippen LogP contribution >= 0.6 is 47.8 Å². The van der Waals surface area contributed by atoms with Gasteiger partial charge < -0.3 is 11.1 Å². The predicted octanol–water partition coefficient (Wildman–Crippen LogP) is 5.12. The molecule has 0 bridgehead atoms. The quantitative estimate of drug-likeness (QED) is 0.609. The van der Waals surface area contributed by atoms with Gasteiger partial charge in [0.05, 0.1) is 5.69 Å². The van der Waals surface area contributed by atoms with Gasteiger partial charge in [0.1, 0.15) is 0 Å². The van der Waals surface area contributed by atoms with E-state index in [9.17, 15) is 4.79 Å². The molecule has 0 aliphatic heterocycles. The third-order valence-corrected chi connectivity index (χ3v) is 4.57. The van der Waals surface area contributed by atoms with Gasteiger partial charge in [-0.2, -0.15) is 0 Å². The summed E-state index contributed by atoms with van der Waals surface area (Å²) in [6.45, 7) is 1.83. The van der Waals surface area contributed by atoms with Gasteiger partial charge in [-0.25, -0.2) is 0 Å². The van der Waals surface area contributed by atoms with Crippen molar-refractivity contribution in [1.29, 1.82) is 0 Å². The van der Waals surface area contributed by atoms with Crippen LogP contribution in [0, 0.1) is 6.92 Å². The third-order valence-electron chi connectivity index (χ3n) is 2.87. The number of halogens is 3. The molecular weight excluding hydrogens is 452 g/mol. The lowest BCUT2D eigenvalue weighted by molar-refractivity contribution is 0.102. The second kappa shape index (κ2) is 6.28. The van der Waals surface area contributed by atoms with Crippen molar-refractivity contribution in [3.8, 4) is 0 Å². The number of amides is 1. The van der Waals surface area contributed by atoms with Crippen LogP contribution < -0.4 is 11.1 Å². The van der Waals surface area contributed by atoms with E-state index in [-0.39, 0.29) is 5.91 Å². The van der Waals surface area contributed by atoms with Crippen molar-refractivity contribution in [2.24, 2.45) is 0 Å². The Morgan fingerprint density at radius 3 is 2.35 bits per heavy atom. The molecule has 0 heterocycles. The fraction of sp³-hybridized carbons (Fsp3) is 0.0714. The number of carbonyl (C=O) groups excluding carboxylic acids is 1. The lowest BCUT2D eigenvalue weighted by Crippen LogP contribution is -2.15. The Bertz CT molecular complexity index is 663. The largest absolute Gasteiger partial charge is 0.398 e. The van der Waals surface area contributed by atoms with Gasteiger partial charge in [-0.15, -0.1) is 0 Å². The van der Waals surface area contributed by atoms with Crippen molar-refractivity contribution in [2.75, 3.05) is 11.1 Å². The van der Waals surface area contributed by atoms with E-state index in [4.69, 9.17) is 5.73 Å². The van der Waals surface area contributed by atoms with Gasteiger partial charge in [0, 0.05) is 24.7 Å². The highest BCUT2D eigenvalue weighted by atomic mass is 79.9. The SMILES string of the molecule is Cc1c(N)cccc1C(=O)Nc1c(Br)cc(Br)cc1Br. The highest BCUT2D eigenvalue weighted by molar-refractivity contribution is 9.11. The van der Waals surface area contributed by atoms with E-state index in [1.165, 1.54) is 0 Å². The van der Waals surface area contributed by atoms with Crippen molar-refractivity contribution >= 4 is 65.1 Å². The van der Waals surface area contributed by atoms with Crippen molar-refractivity contribution in [3.63, 3.8) is 0 Å². The molecule has 20 heavy (non-hydrogen) atoms. The summed E-state index contributed by atoms with van der Waals surface area (Å²) in [4.78, 5) is 12.4. The first-order valence-corrected chi connectivity index (χ1v) is 8.09. The second-order valence-corrected chi connectivity index (χ2v) is 6.84. The Morgan fingerprint density at radius 1 is 1.15 bits per heavy atom. The van der Waals surface area contributed by atoms with Crippen LogP contribution in [0.5, 0.6) is 0 Å². The number of rotatable bonds is 2. The van der Waals surface area contributed by atoms with E-state index in [1.54, 1.807) is 18.2 Å². The fourth-order valence-electron chi connectivity index (χ4n) is 1.74. The van der Waals surface area contributed by atoms with Crippen LogP contribution in [0.15, 0.2) is 43.7 Å². The zero-order valence-corrected chi connectivity index (χ0v) is 15.3. The summed E-state index contributed by atoms with van der Waals surface area (Å²) < 4.78 is 2.48. The zero-order valence-electron chi connectivity index (χ0n) is 10.5. The molecular formula is C14H11Br3N2O. The topological polar surface area (TPSA) is 55.1 Å². The summed E-state index contributed by atoms with van der Waals surface area (Å²) in [5, 5.41) is 2.88. The van der Waals surface area contributed by atoms with Crippen LogP contribution in [-0.2, 0) is 0 Å². The normalized spacial score (nSPS) is 10.4. The molecule has 2 rings (SSSR count). The van der Waals surface area contributed by atoms with E-state index in [0.717, 1.165) is 19.0 Å². The van der Waals surface area contributed by atoms with E-state index < -0.39 is 0 Å². The molecule has 2 aromatic rings. The smallest absolute Gasteiger partial charge is 0.256 e. The molecule has 1 amide bonds. The molecule has 104 valence electrons. The van der Waals surface area contributed by atoms with E-state index in [2.05, 4.69) is 53.1 Å². The maximum absolute atomic E-state index is 12.4. The van der Waals surface area contributed by atoms with E-state index in [1.807, 2.05) is 19.1 Å². The summed E-state index contributed by atoms with van der Waals surface area (Å²) in [7, 11) is 0. The molecule has 0 spiro atoms. The monoisotopic (exact) mass is 460 g/mol. The summed E-state index contributed by atoms with van der Waals surface area (Å²) >= 11 is 10.3. The highest BCUT2D eigenvalue weighted by Crippen LogP contribution is 2.34. The minimum absolute atomic E-state index is 0.196. The average molecular weight is 463 g/mol. The maximum atomic E-state index is 12.4. The van der Waals surface area contributed by atoms with E-state index in [0.29, 0.717) is 16.9 Å². The van der Waals surface area contributed by atoms with Gasteiger partial charge in [-0.1, -0.05) is 22.0 Å². The summed E-state index contributed by atoms with van der Waals surface area (Å²) in [6.07, 6.45) is 0. The number of anilines is 2. The number of nitrogens with one attached hydrogen (secondary N) is 1. The molecule has 0 unspecified atom stereocenters. The second-order valence-electron chi connectivity index (χ2n) is 4.22. The molecule has 0 aliphatic rings. The molecule has 6 heteroatoms. The van der Waals surface area contributed by atoms with Crippen LogP contribution in [0.1, 0.15) is 15.9 Å². The van der Waals surface area contributed by atoms with Crippen molar-refractivity contribution in [2.45, 2.75) is 6.92 Å². The Labute approximate surface area is 142 Å². The van der Waals surface area contributed by atoms with Crippen LogP contribution in [0.2, 0.25) is 0 Å². The molecule has 3 N–H and O–H groups in total. The molecule has 0 aliphatic carbocycles. The van der Waals surface area contributed by atoms with E-state index >= 15 is 0 Å². The van der Waals surface area contributed by atoms with Crippen molar-refractivity contribution in [1.82, 2.24) is 0 Å². The lowest BCUT2D eigenvalue weighted by atomic mass is 10.1. The molecule has 0 aromatic heterocycles. The molecule has 0 radical (unpaired) electrons. The van der Waals surface area contributed by atoms with Gasteiger partial charge in [-0.3, -0.25) is 4.79 Å². The molecule has 0 saturated carbocycles. The number of hydrogen-bond acceptors (Lipinski definition) is 2. The Balaban J connectivity index is 2.36. The summed E-state index contributed by atoms with van der Waals surface area (Å²) in [6, 6.07) is 9.03. The molecule has 2 aromatic carbocycles. The fourth-order valence-corrected chi connectivity index (χ4v) is 4.20. The average Bonchev–Trinajstić information content (AvgIpc) is 2.36. The minimum atomic E-state index is -0.196. The Kier molecular flexibility index (Phi) is 4.88. The standard InChI is InChI=1S/C14H11Br3N2O/c1-7-9(3-2-4-12(7)18)14(20)19-13-10(16)5-8(15)6-11(13)17/h2-6H,18H2,1H3,(H,19,20). The third kappa shape index (κ3) is 3.24. The van der Waals surface area contributed by atoms with Crippen molar-refractivity contribution in [3.05, 3.63) is 54.9 Å². The molecule has 0 atom stereocenters. The number of hydrogen-bond donors (Lipinski definition) is 2. The first kappa shape index (κ1) is 15.5. The highest BCUT2D eigenvalue weighted by Gasteiger charge is 2.14. The van der Waals surface area contributed by atoms with Crippen LogP contribution in [0.4, 0.5) is 11.4 Å². The lowest BCUT2D eigenvalue weighted by Gasteiger charge is -2.12. The van der Waals surface area contributed by atoms with Gasteiger partial charge in [-0.05, 0) is 68.6 Å². The van der Waals surface area contributed by atoms with Gasteiger partial charge >= 0.3 is 0 Å². The molecule has 0 saturated heterocycles. The van der Waals surface area contributed by atoms with Gasteiger partial charge in [0.15, 0.2) is 0 Å². The number of nitrogen functional groups attached to an aromatic ring is 1. The Morgan fingerprint density at radius 2 is 1.75 bits per heavy atom. The first-order valence-electron chi connectivity index (χ1n) is 5.71. The summed E-state index contributed by atoms with van der Waals surface area (Å²) in [5.74, 6) is -0.196. The number of carbonyl (C=O) groups is 1. The van der Waals surface area contributed by atoms with Crippen LogP contribution in [0.3, 0.4) is 0 Å². The predicted molar refractivity (Wildman–Crippen MR) is 93.1 cm³/mol. The summed E-state index contributed by atoms with van der Waals surface area (Å²) in [5.41, 5.74) is 8.44. The molecule has 0 fully saturated rings. The van der Waals surface area contributed by atoms with Crippen LogP contribution in [-0.4, -0.2) is 5.91 Å². The number of benzene rings is 2.